The fraction of sp³-hybridized carbons (Fsp3) is 0.714. The summed E-state index contributed by atoms with van der Waals surface area (Å²) in [5.74, 6) is -5.15. The molecule has 2 aromatic heterocycles. The summed E-state index contributed by atoms with van der Waals surface area (Å²) < 4.78 is 110. The number of ether oxygens (including phenoxy) is 3. The average molecular weight is 701 g/mol. The van der Waals surface area contributed by atoms with Crippen LogP contribution in [-0.2, 0) is 34.9 Å². The zero-order valence-corrected chi connectivity index (χ0v) is 27.3. The molecule has 0 spiro atoms. The number of anilines is 1. The Bertz CT molecular complexity index is 1440. The summed E-state index contributed by atoms with van der Waals surface area (Å²) in [6.07, 6.45) is -10.7. The van der Waals surface area contributed by atoms with E-state index in [1.54, 1.807) is 17.6 Å². The van der Waals surface area contributed by atoms with E-state index in [1.165, 1.54) is 40.2 Å². The molecule has 47 heavy (non-hydrogen) atoms. The molecule has 2 heterocycles. The molecule has 0 aromatic carbocycles. The minimum absolute atomic E-state index is 0.175. The Morgan fingerprint density at radius 3 is 1.85 bits per heavy atom. The lowest BCUT2D eigenvalue weighted by molar-refractivity contribution is -0.221. The predicted molar refractivity (Wildman–Crippen MR) is 157 cm³/mol. The maximum absolute atomic E-state index is 14.4. The van der Waals surface area contributed by atoms with Crippen LogP contribution in [0.25, 0.3) is 11.2 Å². The third kappa shape index (κ3) is 8.95. The smallest absolute Gasteiger partial charge is 0.392 e. The molecule has 0 unspecified atom stereocenters. The van der Waals surface area contributed by atoms with E-state index in [1.807, 2.05) is 0 Å². The largest absolute Gasteiger partial charge is 0.461 e. The van der Waals surface area contributed by atoms with Crippen LogP contribution in [0.15, 0.2) is 18.6 Å². The second kappa shape index (κ2) is 13.2. The number of nitrogens with zero attached hydrogens (tertiary/aromatic N) is 3. The van der Waals surface area contributed by atoms with Gasteiger partial charge in [0.05, 0.1) is 36.5 Å². The number of hydrogen-bond donors (Lipinski definition) is 3. The highest BCUT2D eigenvalue weighted by atomic mass is 31.2. The van der Waals surface area contributed by atoms with E-state index in [4.69, 9.17) is 19.9 Å². The van der Waals surface area contributed by atoms with E-state index in [0.717, 1.165) is 0 Å². The number of nitrogens with two attached hydrogens (primary N) is 1. The number of fused-ring (bicyclic) bond motifs is 1. The van der Waals surface area contributed by atoms with Gasteiger partial charge in [-0.1, -0.05) is 0 Å². The quantitative estimate of drug-likeness (QED) is 0.145. The molecule has 0 amide bonds. The first-order valence-corrected chi connectivity index (χ1v) is 16.8. The van der Waals surface area contributed by atoms with E-state index in [2.05, 4.69) is 20.1 Å². The SMILES string of the molecule is C[C@H](Cn1cnc2c(N)ccnc21)OCP(=O)(NC(C)(C)C(=O)O[C@H]1C[C@H](C(F)(F)F)C1)NC(C)(C)C(=O)O[C@H]1C[C@H](C(F)(F)F)C1. The number of nitrogen functional groups attached to an aromatic ring is 1. The summed E-state index contributed by atoms with van der Waals surface area (Å²) in [6, 6.07) is 1.59. The zero-order valence-electron chi connectivity index (χ0n) is 26.4. The number of carbonyl (C=O) groups excluding carboxylic acids is 2. The minimum Gasteiger partial charge on any atom is -0.461 e. The van der Waals surface area contributed by atoms with Crippen molar-refractivity contribution in [3.63, 3.8) is 0 Å². The number of hydrogen-bond acceptors (Lipinski definition) is 9. The van der Waals surface area contributed by atoms with Gasteiger partial charge in [0, 0.05) is 6.20 Å². The van der Waals surface area contributed by atoms with Crippen molar-refractivity contribution in [2.45, 2.75) is 109 Å². The molecule has 0 saturated heterocycles. The fourth-order valence-electron chi connectivity index (χ4n) is 5.22. The first-order chi connectivity index (χ1) is 21.5. The van der Waals surface area contributed by atoms with Crippen LogP contribution in [0.4, 0.5) is 32.0 Å². The lowest BCUT2D eigenvalue weighted by Crippen LogP contribution is -2.55. The van der Waals surface area contributed by atoms with Crippen LogP contribution < -0.4 is 15.9 Å². The highest BCUT2D eigenvalue weighted by molar-refractivity contribution is 7.59. The zero-order chi connectivity index (χ0) is 35.2. The van der Waals surface area contributed by atoms with Gasteiger partial charge in [0.1, 0.15) is 35.2 Å². The lowest BCUT2D eigenvalue weighted by Gasteiger charge is -2.40. The number of halogens is 6. The Hall–Kier alpha value is -2.95. The molecule has 2 aromatic rings. The standard InChI is InChI=1S/C28H39F6N6O6P/c1-15(12-40-13-37-21-20(35)6-7-36-22(21)40)44-14-47(43,38-25(2,3)23(41)45-18-8-16(9-18)27(29,30)31)39-26(4,5)24(42)46-19-10-17(11-19)28(32,33)34/h6-7,13,15-19H,8-12,14H2,1-5H3,(H2,35,36)(H2,38,39,43)/t15-,16-,17-,18-,19-/m1/s1. The Morgan fingerprint density at radius 1 is 0.936 bits per heavy atom. The monoisotopic (exact) mass is 700 g/mol. The van der Waals surface area contributed by atoms with Crippen molar-refractivity contribution in [1.82, 2.24) is 24.7 Å². The van der Waals surface area contributed by atoms with Crippen molar-refractivity contribution in [3.05, 3.63) is 18.6 Å². The van der Waals surface area contributed by atoms with Gasteiger partial charge in [-0.05, 0) is 66.4 Å². The van der Waals surface area contributed by atoms with Crippen molar-refractivity contribution < 1.29 is 54.7 Å². The summed E-state index contributed by atoms with van der Waals surface area (Å²) in [4.78, 5) is 34.6. The first kappa shape index (κ1) is 36.9. The predicted octanol–water partition coefficient (Wildman–Crippen LogP) is 5.07. The van der Waals surface area contributed by atoms with Gasteiger partial charge < -0.3 is 24.5 Å². The van der Waals surface area contributed by atoms with Gasteiger partial charge >= 0.3 is 24.3 Å². The van der Waals surface area contributed by atoms with Gasteiger partial charge in [0.2, 0.25) is 7.44 Å². The van der Waals surface area contributed by atoms with Crippen LogP contribution in [0, 0.1) is 11.8 Å². The third-order valence-electron chi connectivity index (χ3n) is 8.13. The maximum atomic E-state index is 14.4. The van der Waals surface area contributed by atoms with Crippen LogP contribution in [0.1, 0.15) is 60.3 Å². The van der Waals surface area contributed by atoms with Gasteiger partial charge in [0.25, 0.3) is 0 Å². The van der Waals surface area contributed by atoms with Crippen LogP contribution in [0.5, 0.6) is 0 Å². The molecule has 2 aliphatic rings. The third-order valence-corrected chi connectivity index (χ3v) is 10.5. The van der Waals surface area contributed by atoms with E-state index in [0.29, 0.717) is 16.9 Å². The average Bonchev–Trinajstić information content (AvgIpc) is 3.28. The summed E-state index contributed by atoms with van der Waals surface area (Å²) in [6.45, 7) is 7.04. The molecular formula is C28H39F6N6O6P. The number of nitrogens with one attached hydrogen (secondary N) is 2. The summed E-state index contributed by atoms with van der Waals surface area (Å²) >= 11 is 0. The molecule has 19 heteroatoms. The minimum atomic E-state index is -4.41. The molecule has 264 valence electrons. The molecule has 2 fully saturated rings. The van der Waals surface area contributed by atoms with Gasteiger partial charge in [-0.3, -0.25) is 14.2 Å². The van der Waals surface area contributed by atoms with Crippen molar-refractivity contribution in [1.29, 1.82) is 0 Å². The van der Waals surface area contributed by atoms with E-state index in [-0.39, 0.29) is 6.54 Å². The summed E-state index contributed by atoms with van der Waals surface area (Å²) in [7, 11) is -4.16. The number of alkyl halides is 6. The van der Waals surface area contributed by atoms with Crippen LogP contribution >= 0.6 is 7.44 Å². The highest BCUT2D eigenvalue weighted by Gasteiger charge is 2.52. The Balaban J connectivity index is 1.45. The van der Waals surface area contributed by atoms with Gasteiger partial charge in [-0.15, -0.1) is 0 Å². The lowest BCUT2D eigenvalue weighted by atomic mass is 9.81. The molecule has 2 aliphatic carbocycles. The second-order valence-electron chi connectivity index (χ2n) is 13.3. The number of esters is 2. The van der Waals surface area contributed by atoms with E-state index >= 15 is 0 Å². The van der Waals surface area contributed by atoms with Gasteiger partial charge in [0.15, 0.2) is 5.65 Å². The molecule has 2 saturated carbocycles. The number of aromatic nitrogens is 3. The highest BCUT2D eigenvalue weighted by Crippen LogP contribution is 2.46. The summed E-state index contributed by atoms with van der Waals surface area (Å²) in [5, 5.41) is 5.31. The topological polar surface area (TPSA) is 160 Å². The van der Waals surface area contributed by atoms with Gasteiger partial charge in [-0.25, -0.2) is 20.1 Å². The van der Waals surface area contributed by atoms with Crippen molar-refractivity contribution in [2.75, 3.05) is 12.1 Å². The number of rotatable bonds is 13. The van der Waals surface area contributed by atoms with Crippen molar-refractivity contribution in [3.8, 4) is 0 Å². The first-order valence-electron chi connectivity index (χ1n) is 14.9. The molecule has 12 nitrogen and oxygen atoms in total. The number of imidazole rings is 1. The Morgan fingerprint density at radius 2 is 1.40 bits per heavy atom. The Labute approximate surface area is 266 Å². The van der Waals surface area contributed by atoms with Gasteiger partial charge in [-0.2, -0.15) is 26.3 Å². The van der Waals surface area contributed by atoms with E-state index in [9.17, 15) is 40.5 Å². The normalized spacial score (nSPS) is 23.1. The maximum Gasteiger partial charge on any atom is 0.392 e. The fourth-order valence-corrected chi connectivity index (χ4v) is 7.86. The second-order valence-corrected chi connectivity index (χ2v) is 15.4. The molecular weight excluding hydrogens is 661 g/mol. The summed E-state index contributed by atoms with van der Waals surface area (Å²) in [5.41, 5.74) is 3.78. The molecule has 1 atom stereocenters. The number of carbonyl (C=O) groups is 2. The van der Waals surface area contributed by atoms with Crippen LogP contribution in [0.2, 0.25) is 0 Å². The molecule has 0 bridgehead atoms. The molecule has 0 aliphatic heterocycles. The molecule has 4 rings (SSSR count). The van der Waals surface area contributed by atoms with Crippen LogP contribution in [0.3, 0.4) is 0 Å². The number of pyridine rings is 1. The van der Waals surface area contributed by atoms with E-state index < -0.39 is 105 Å². The van der Waals surface area contributed by atoms with Crippen LogP contribution in [-0.4, -0.2) is 74.6 Å². The molecule has 0 radical (unpaired) electrons. The molecule has 4 N–H and O–H groups in total. The van der Waals surface area contributed by atoms with Crippen molar-refractivity contribution >= 4 is 36.2 Å². The van der Waals surface area contributed by atoms with Crippen molar-refractivity contribution in [2.24, 2.45) is 11.8 Å². The Kier molecular flexibility index (Phi) is 10.3.